The Hall–Kier alpha value is -1.88. The van der Waals surface area contributed by atoms with Crippen molar-refractivity contribution in [3.8, 4) is 0 Å². The molecule has 3 N–H and O–H groups in total. The van der Waals surface area contributed by atoms with Crippen molar-refractivity contribution in [3.63, 3.8) is 0 Å². The molecular formula is C20H30N3O2+. The quantitative estimate of drug-likeness (QED) is 0.760. The maximum Gasteiger partial charge on any atom is 0.279 e. The number of rotatable bonds is 5. The molecule has 5 heteroatoms. The Bertz CT molecular complexity index is 615. The zero-order valence-electron chi connectivity index (χ0n) is 15.1. The molecule has 1 aliphatic carbocycles. The van der Waals surface area contributed by atoms with Crippen molar-refractivity contribution in [1.82, 2.24) is 5.32 Å². The summed E-state index contributed by atoms with van der Waals surface area (Å²) in [6, 6.07) is 7.83. The van der Waals surface area contributed by atoms with Crippen molar-refractivity contribution in [3.05, 3.63) is 29.8 Å². The fraction of sp³-hybridized carbons (Fsp3) is 0.600. The van der Waals surface area contributed by atoms with Crippen LogP contribution in [0.4, 0.5) is 5.69 Å². The van der Waals surface area contributed by atoms with Crippen molar-refractivity contribution >= 4 is 17.5 Å². The Morgan fingerprint density at radius 2 is 1.96 bits per heavy atom. The van der Waals surface area contributed by atoms with Crippen LogP contribution in [0, 0.1) is 5.92 Å². The van der Waals surface area contributed by atoms with Crippen LogP contribution in [0.3, 0.4) is 0 Å². The second-order valence-electron chi connectivity index (χ2n) is 7.37. The first-order chi connectivity index (χ1) is 12.2. The van der Waals surface area contributed by atoms with Gasteiger partial charge in [0.05, 0.1) is 12.6 Å². The van der Waals surface area contributed by atoms with Crippen molar-refractivity contribution in [1.29, 1.82) is 0 Å². The molecule has 3 atom stereocenters. The van der Waals surface area contributed by atoms with Gasteiger partial charge in [-0.2, -0.15) is 0 Å². The third kappa shape index (κ3) is 4.60. The Morgan fingerprint density at radius 1 is 1.16 bits per heavy atom. The third-order valence-corrected chi connectivity index (χ3v) is 5.64. The first-order valence-corrected chi connectivity index (χ1v) is 9.70. The van der Waals surface area contributed by atoms with E-state index in [2.05, 4.69) is 10.6 Å². The molecule has 2 amide bonds. The molecule has 2 aliphatic rings. The second-order valence-corrected chi connectivity index (χ2v) is 7.37. The highest BCUT2D eigenvalue weighted by molar-refractivity contribution is 5.97. The average Bonchev–Trinajstić information content (AvgIpc) is 2.62. The van der Waals surface area contributed by atoms with E-state index in [9.17, 15) is 9.59 Å². The summed E-state index contributed by atoms with van der Waals surface area (Å²) in [5, 5.41) is 5.77. The number of likely N-dealkylation sites (tertiary alicyclic amines) is 1. The molecular weight excluding hydrogens is 314 g/mol. The van der Waals surface area contributed by atoms with E-state index in [-0.39, 0.29) is 11.8 Å². The molecule has 1 unspecified atom stereocenters. The second kappa shape index (κ2) is 8.48. The number of fused-ring (bicyclic) bond motifs is 1. The van der Waals surface area contributed by atoms with Gasteiger partial charge in [0.15, 0.2) is 6.54 Å². The van der Waals surface area contributed by atoms with Gasteiger partial charge in [-0.05, 0) is 57.2 Å². The van der Waals surface area contributed by atoms with E-state index in [1.807, 2.05) is 19.1 Å². The molecule has 25 heavy (non-hydrogen) atoms. The highest BCUT2D eigenvalue weighted by Crippen LogP contribution is 2.28. The van der Waals surface area contributed by atoms with Gasteiger partial charge >= 0.3 is 0 Å². The molecule has 1 saturated carbocycles. The standard InChI is InChI=1S/C20H29N3O2/c1-2-21-20(25)16-8-5-10-17(13-16)22-19(24)14-23-12-6-9-15-7-3-4-11-18(15)23/h5,8,10,13,15,18H,2-4,6-7,9,11-12,14H2,1H3,(H,21,25)(H,22,24)/p+1/t15-,18+/m1/s1. The lowest BCUT2D eigenvalue weighted by molar-refractivity contribution is -0.928. The number of hydrogen-bond donors (Lipinski definition) is 3. The fourth-order valence-corrected chi connectivity index (χ4v) is 4.50. The van der Waals surface area contributed by atoms with Crippen LogP contribution in [-0.4, -0.2) is 37.5 Å². The fourth-order valence-electron chi connectivity index (χ4n) is 4.50. The molecule has 2 fully saturated rings. The molecule has 0 radical (unpaired) electrons. The van der Waals surface area contributed by atoms with Crippen LogP contribution in [0.5, 0.6) is 0 Å². The van der Waals surface area contributed by atoms with Gasteiger partial charge in [0.1, 0.15) is 0 Å². The van der Waals surface area contributed by atoms with Gasteiger partial charge in [-0.1, -0.05) is 12.5 Å². The number of carbonyl (C=O) groups excluding carboxylic acids is 2. The maximum atomic E-state index is 12.5. The Morgan fingerprint density at radius 3 is 2.80 bits per heavy atom. The number of piperidine rings is 1. The van der Waals surface area contributed by atoms with Crippen LogP contribution in [0.1, 0.15) is 55.8 Å². The smallest absolute Gasteiger partial charge is 0.279 e. The zero-order valence-corrected chi connectivity index (χ0v) is 15.1. The van der Waals surface area contributed by atoms with E-state index < -0.39 is 0 Å². The van der Waals surface area contributed by atoms with Gasteiger partial charge in [-0.15, -0.1) is 0 Å². The minimum atomic E-state index is -0.106. The number of hydrogen-bond acceptors (Lipinski definition) is 2. The first kappa shape index (κ1) is 17.9. The Labute approximate surface area is 150 Å². The summed E-state index contributed by atoms with van der Waals surface area (Å²) in [4.78, 5) is 25.9. The SMILES string of the molecule is CCNC(=O)c1cccc(NC(=O)C[NH+]2CCC[C@H]3CCCC[C@@H]32)c1. The summed E-state index contributed by atoms with van der Waals surface area (Å²) in [7, 11) is 0. The van der Waals surface area contributed by atoms with Crippen LogP contribution >= 0.6 is 0 Å². The lowest BCUT2D eigenvalue weighted by atomic mass is 9.78. The zero-order chi connectivity index (χ0) is 17.6. The Kier molecular flexibility index (Phi) is 6.08. The van der Waals surface area contributed by atoms with Crippen molar-refractivity contribution in [2.75, 3.05) is 25.0 Å². The minimum absolute atomic E-state index is 0.0503. The van der Waals surface area contributed by atoms with Gasteiger partial charge < -0.3 is 15.5 Å². The molecule has 1 aromatic rings. The van der Waals surface area contributed by atoms with E-state index >= 15 is 0 Å². The normalized spacial score (nSPS) is 25.7. The van der Waals surface area contributed by atoms with Crippen LogP contribution in [0.2, 0.25) is 0 Å². The van der Waals surface area contributed by atoms with Crippen molar-refractivity contribution in [2.24, 2.45) is 5.92 Å². The van der Waals surface area contributed by atoms with E-state index in [0.717, 1.165) is 12.5 Å². The highest BCUT2D eigenvalue weighted by atomic mass is 16.2. The lowest BCUT2D eigenvalue weighted by Crippen LogP contribution is -3.18. The summed E-state index contributed by atoms with van der Waals surface area (Å²) >= 11 is 0. The molecule has 0 aromatic heterocycles. The molecule has 0 spiro atoms. The third-order valence-electron chi connectivity index (χ3n) is 5.64. The first-order valence-electron chi connectivity index (χ1n) is 9.70. The van der Waals surface area contributed by atoms with E-state index in [1.165, 1.54) is 43.4 Å². The predicted octanol–water partition coefficient (Wildman–Crippen LogP) is 1.61. The molecule has 1 aliphatic heterocycles. The highest BCUT2D eigenvalue weighted by Gasteiger charge is 2.37. The van der Waals surface area contributed by atoms with Crippen LogP contribution in [0.25, 0.3) is 0 Å². The molecule has 136 valence electrons. The topological polar surface area (TPSA) is 62.6 Å². The van der Waals surface area contributed by atoms with Gasteiger partial charge in [0.2, 0.25) is 0 Å². The summed E-state index contributed by atoms with van der Waals surface area (Å²) in [6.45, 7) is 4.12. The summed E-state index contributed by atoms with van der Waals surface area (Å²) < 4.78 is 0. The number of carbonyl (C=O) groups is 2. The van der Waals surface area contributed by atoms with Crippen LogP contribution in [-0.2, 0) is 4.79 Å². The molecule has 0 bridgehead atoms. The van der Waals surface area contributed by atoms with E-state index in [0.29, 0.717) is 30.4 Å². The number of quaternary nitrogens is 1. The van der Waals surface area contributed by atoms with E-state index in [1.54, 1.807) is 12.1 Å². The predicted molar refractivity (Wildman–Crippen MR) is 98.8 cm³/mol. The number of benzene rings is 1. The minimum Gasteiger partial charge on any atom is -0.352 e. The Balaban J connectivity index is 1.58. The summed E-state index contributed by atoms with van der Waals surface area (Å²) in [5.74, 6) is 0.756. The van der Waals surface area contributed by atoms with Gasteiger partial charge in [0.25, 0.3) is 11.8 Å². The molecule has 1 aromatic carbocycles. The molecule has 5 nitrogen and oxygen atoms in total. The maximum absolute atomic E-state index is 12.5. The van der Waals surface area contributed by atoms with Crippen LogP contribution in [0.15, 0.2) is 24.3 Å². The van der Waals surface area contributed by atoms with Gasteiger partial charge in [-0.3, -0.25) is 9.59 Å². The largest absolute Gasteiger partial charge is 0.352 e. The van der Waals surface area contributed by atoms with Crippen molar-refractivity contribution in [2.45, 2.75) is 51.5 Å². The molecule has 3 rings (SSSR count). The summed E-state index contributed by atoms with van der Waals surface area (Å²) in [6.07, 6.45) is 7.83. The number of amides is 2. The number of nitrogens with one attached hydrogen (secondary N) is 3. The molecule has 1 saturated heterocycles. The van der Waals surface area contributed by atoms with E-state index in [4.69, 9.17) is 0 Å². The molecule has 1 heterocycles. The number of anilines is 1. The van der Waals surface area contributed by atoms with Gasteiger partial charge in [-0.25, -0.2) is 0 Å². The lowest BCUT2D eigenvalue weighted by Gasteiger charge is -2.40. The summed E-state index contributed by atoms with van der Waals surface area (Å²) in [5.41, 5.74) is 1.28. The van der Waals surface area contributed by atoms with Gasteiger partial charge in [0, 0.05) is 23.7 Å². The monoisotopic (exact) mass is 344 g/mol. The van der Waals surface area contributed by atoms with Crippen LogP contribution < -0.4 is 15.5 Å². The van der Waals surface area contributed by atoms with Crippen molar-refractivity contribution < 1.29 is 14.5 Å². The average molecular weight is 344 g/mol.